The zero-order valence-electron chi connectivity index (χ0n) is 8.56. The van der Waals surface area contributed by atoms with Gasteiger partial charge in [0.25, 0.3) is 0 Å². The fourth-order valence-corrected chi connectivity index (χ4v) is 3.37. The molecule has 1 aromatic heterocycles. The van der Waals surface area contributed by atoms with E-state index in [9.17, 15) is 8.42 Å². The van der Waals surface area contributed by atoms with E-state index >= 15 is 0 Å². The van der Waals surface area contributed by atoms with E-state index in [1.165, 1.54) is 0 Å². The average molecular weight is 225 g/mol. The minimum atomic E-state index is -3.06. The molecular formula is C9H11N3O2S. The molecule has 1 aliphatic rings. The van der Waals surface area contributed by atoms with Crippen LogP contribution < -0.4 is 0 Å². The molecule has 0 saturated carbocycles. The smallest absolute Gasteiger partial charge is 0.167 e. The molecule has 0 aromatic carbocycles. The lowest BCUT2D eigenvalue weighted by atomic mass is 10.2. The molecule has 1 aliphatic heterocycles. The zero-order chi connectivity index (χ0) is 11.2. The fourth-order valence-electron chi connectivity index (χ4n) is 1.80. The summed E-state index contributed by atoms with van der Waals surface area (Å²) in [6.45, 7) is 3.83. The molecule has 1 aromatic rings. The molecule has 0 saturated heterocycles. The Morgan fingerprint density at radius 1 is 1.47 bits per heavy atom. The molecule has 0 N–H and O–H groups in total. The van der Waals surface area contributed by atoms with Crippen molar-refractivity contribution < 1.29 is 8.42 Å². The molecule has 0 bridgehead atoms. The van der Waals surface area contributed by atoms with Crippen LogP contribution in [0.1, 0.15) is 36.8 Å². The van der Waals surface area contributed by atoms with Crippen LogP contribution in [-0.2, 0) is 21.3 Å². The molecule has 5 nitrogen and oxygen atoms in total. The number of sulfone groups is 1. The van der Waals surface area contributed by atoms with Gasteiger partial charge in [-0.25, -0.2) is 8.42 Å². The summed E-state index contributed by atoms with van der Waals surface area (Å²) in [7, 11) is -3.06. The van der Waals surface area contributed by atoms with E-state index in [1.807, 2.05) is 19.9 Å². The normalized spacial score (nSPS) is 17.7. The number of fused-ring (bicyclic) bond motifs is 1. The highest BCUT2D eigenvalue weighted by Gasteiger charge is 2.32. The second kappa shape index (κ2) is 3.07. The quantitative estimate of drug-likeness (QED) is 0.707. The molecule has 80 valence electrons. The molecule has 6 heteroatoms. The Morgan fingerprint density at radius 3 is 2.67 bits per heavy atom. The van der Waals surface area contributed by atoms with Gasteiger partial charge in [0.05, 0.1) is 17.2 Å². The third kappa shape index (κ3) is 1.53. The maximum absolute atomic E-state index is 11.4. The number of hydrogen-bond acceptors (Lipinski definition) is 4. The Bertz CT molecular complexity index is 549. The van der Waals surface area contributed by atoms with Crippen molar-refractivity contribution in [3.05, 3.63) is 17.0 Å². The summed E-state index contributed by atoms with van der Waals surface area (Å²) in [5.74, 6) is -0.0346. The third-order valence-corrected chi connectivity index (χ3v) is 3.88. The topological polar surface area (TPSA) is 75.8 Å². The van der Waals surface area contributed by atoms with Crippen molar-refractivity contribution in [3.63, 3.8) is 0 Å². The van der Waals surface area contributed by atoms with Crippen LogP contribution in [0.25, 0.3) is 0 Å². The van der Waals surface area contributed by atoms with Gasteiger partial charge in [-0.05, 0) is 13.8 Å². The molecule has 0 spiro atoms. The van der Waals surface area contributed by atoms with E-state index in [0.717, 1.165) is 0 Å². The van der Waals surface area contributed by atoms with Crippen LogP contribution in [0.15, 0.2) is 0 Å². The maximum atomic E-state index is 11.4. The van der Waals surface area contributed by atoms with E-state index in [0.29, 0.717) is 11.3 Å². The molecule has 0 atom stereocenters. The van der Waals surface area contributed by atoms with Gasteiger partial charge in [-0.2, -0.15) is 10.4 Å². The maximum Gasteiger partial charge on any atom is 0.167 e. The van der Waals surface area contributed by atoms with Crippen molar-refractivity contribution in [1.82, 2.24) is 9.78 Å². The fraction of sp³-hybridized carbons (Fsp3) is 0.556. The van der Waals surface area contributed by atoms with Gasteiger partial charge in [0.1, 0.15) is 6.07 Å². The van der Waals surface area contributed by atoms with Crippen LogP contribution in [0.2, 0.25) is 0 Å². The van der Waals surface area contributed by atoms with Crippen LogP contribution in [-0.4, -0.2) is 18.2 Å². The Balaban J connectivity index is 2.63. The second-order valence-electron chi connectivity index (χ2n) is 3.96. The molecule has 0 aliphatic carbocycles. The lowest BCUT2D eigenvalue weighted by Gasteiger charge is -2.07. The first-order valence-corrected chi connectivity index (χ1v) is 6.47. The van der Waals surface area contributed by atoms with Crippen molar-refractivity contribution >= 4 is 9.84 Å². The van der Waals surface area contributed by atoms with Crippen LogP contribution >= 0.6 is 0 Å². The average Bonchev–Trinajstić information content (AvgIpc) is 2.57. The first-order chi connectivity index (χ1) is 6.94. The van der Waals surface area contributed by atoms with Gasteiger partial charge < -0.3 is 0 Å². The van der Waals surface area contributed by atoms with Crippen molar-refractivity contribution in [2.45, 2.75) is 31.4 Å². The summed E-state index contributed by atoms with van der Waals surface area (Å²) in [6.07, 6.45) is 0. The molecule has 2 rings (SSSR count). The monoisotopic (exact) mass is 225 g/mol. The number of nitriles is 1. The van der Waals surface area contributed by atoms with Crippen molar-refractivity contribution in [2.75, 3.05) is 0 Å². The minimum absolute atomic E-state index is 0.00912. The Kier molecular flexibility index (Phi) is 2.08. The van der Waals surface area contributed by atoms with Crippen LogP contribution in [0.4, 0.5) is 0 Å². The van der Waals surface area contributed by atoms with E-state index in [1.54, 1.807) is 4.68 Å². The molecule has 0 unspecified atom stereocenters. The summed E-state index contributed by atoms with van der Waals surface area (Å²) in [5.41, 5.74) is 1.52. The van der Waals surface area contributed by atoms with Crippen LogP contribution in [0.3, 0.4) is 0 Å². The van der Waals surface area contributed by atoms with Gasteiger partial charge in [0.15, 0.2) is 15.5 Å². The SMILES string of the molecule is CC(C)n1nc(C#N)c2c1CS(=O)(=O)C2. The zero-order valence-corrected chi connectivity index (χ0v) is 9.37. The predicted octanol–water partition coefficient (Wildman–Crippen LogP) is 0.764. The lowest BCUT2D eigenvalue weighted by Crippen LogP contribution is -2.09. The standard InChI is InChI=1S/C9H11N3O2S/c1-6(2)12-9-5-15(13,14)4-7(9)8(3-10)11-12/h6H,4-5H2,1-2H3. The number of hydrogen-bond donors (Lipinski definition) is 0. The minimum Gasteiger partial charge on any atom is -0.264 e. The van der Waals surface area contributed by atoms with Gasteiger partial charge in [-0.15, -0.1) is 0 Å². The van der Waals surface area contributed by atoms with Crippen LogP contribution in [0, 0.1) is 11.3 Å². The third-order valence-electron chi connectivity index (χ3n) is 2.43. The summed E-state index contributed by atoms with van der Waals surface area (Å²) in [4.78, 5) is 0. The predicted molar refractivity (Wildman–Crippen MR) is 53.7 cm³/mol. The molecule has 0 fully saturated rings. The van der Waals surface area contributed by atoms with Gasteiger partial charge in [0.2, 0.25) is 0 Å². The Labute approximate surface area is 88.2 Å². The molecule has 15 heavy (non-hydrogen) atoms. The van der Waals surface area contributed by atoms with Crippen molar-refractivity contribution in [1.29, 1.82) is 5.26 Å². The first kappa shape index (κ1) is 10.2. The van der Waals surface area contributed by atoms with Gasteiger partial charge >= 0.3 is 0 Å². The summed E-state index contributed by atoms with van der Waals surface area (Å²) in [6, 6.07) is 2.02. The summed E-state index contributed by atoms with van der Waals surface area (Å²) < 4.78 is 24.5. The van der Waals surface area contributed by atoms with Gasteiger partial charge in [-0.1, -0.05) is 0 Å². The number of aromatic nitrogens is 2. The number of nitrogens with zero attached hydrogens (tertiary/aromatic N) is 3. The molecule has 0 radical (unpaired) electrons. The molecule has 0 amide bonds. The van der Waals surface area contributed by atoms with E-state index < -0.39 is 9.84 Å². The van der Waals surface area contributed by atoms with Crippen molar-refractivity contribution in [2.24, 2.45) is 0 Å². The molecular weight excluding hydrogens is 214 g/mol. The highest BCUT2D eigenvalue weighted by molar-refractivity contribution is 7.90. The van der Waals surface area contributed by atoms with E-state index in [4.69, 9.17) is 5.26 Å². The highest BCUT2D eigenvalue weighted by atomic mass is 32.2. The molecule has 2 heterocycles. The summed E-state index contributed by atoms with van der Waals surface area (Å²) >= 11 is 0. The second-order valence-corrected chi connectivity index (χ2v) is 6.02. The van der Waals surface area contributed by atoms with E-state index in [-0.39, 0.29) is 23.2 Å². The Morgan fingerprint density at radius 2 is 2.13 bits per heavy atom. The van der Waals surface area contributed by atoms with Gasteiger partial charge in [0, 0.05) is 11.6 Å². The van der Waals surface area contributed by atoms with Crippen LogP contribution in [0.5, 0.6) is 0 Å². The summed E-state index contributed by atoms with van der Waals surface area (Å²) in [5, 5.41) is 13.0. The first-order valence-electron chi connectivity index (χ1n) is 4.65. The highest BCUT2D eigenvalue weighted by Crippen LogP contribution is 2.29. The largest absolute Gasteiger partial charge is 0.264 e. The van der Waals surface area contributed by atoms with Crippen molar-refractivity contribution in [3.8, 4) is 6.07 Å². The number of rotatable bonds is 1. The Hall–Kier alpha value is -1.35. The van der Waals surface area contributed by atoms with E-state index in [2.05, 4.69) is 5.10 Å². The van der Waals surface area contributed by atoms with Gasteiger partial charge in [-0.3, -0.25) is 4.68 Å². The lowest BCUT2D eigenvalue weighted by molar-refractivity contribution is 0.514.